The van der Waals surface area contributed by atoms with E-state index in [2.05, 4.69) is 17.2 Å². The van der Waals surface area contributed by atoms with Crippen LogP contribution < -0.4 is 10.6 Å². The van der Waals surface area contributed by atoms with Crippen molar-refractivity contribution in [1.82, 2.24) is 10.2 Å². The van der Waals surface area contributed by atoms with Gasteiger partial charge < -0.3 is 25.7 Å². The monoisotopic (exact) mass is 447 g/mol. The second-order valence-electron chi connectivity index (χ2n) is 8.74. The minimum atomic E-state index is -1.07. The zero-order valence-corrected chi connectivity index (χ0v) is 18.5. The quantitative estimate of drug-likeness (QED) is 0.384. The summed E-state index contributed by atoms with van der Waals surface area (Å²) in [6, 6.07) is 14.2. The van der Waals surface area contributed by atoms with E-state index in [-0.39, 0.29) is 11.7 Å². The number of nitrogens with one attached hydrogen (secondary N) is 2. The molecular formula is C26H29N3O4. The molecule has 0 saturated carbocycles. The summed E-state index contributed by atoms with van der Waals surface area (Å²) in [5.41, 5.74) is 0.713. The summed E-state index contributed by atoms with van der Waals surface area (Å²) in [7, 11) is 0. The SMILES string of the molecule is C=CC(=O)Nc1cccc(C2(O)CCN(/C=C/C(=O)c3ccc(C4(O)CCNC4)cc3)C2)c1. The molecule has 2 aromatic carbocycles. The normalized spacial score (nSPS) is 24.8. The minimum Gasteiger partial charge on any atom is -0.384 e. The number of aliphatic hydroxyl groups is 2. The fourth-order valence-electron chi connectivity index (χ4n) is 4.40. The van der Waals surface area contributed by atoms with E-state index in [0.29, 0.717) is 49.3 Å². The lowest BCUT2D eigenvalue weighted by Gasteiger charge is -2.24. The van der Waals surface area contributed by atoms with Gasteiger partial charge in [-0.05, 0) is 48.7 Å². The minimum absolute atomic E-state index is 0.136. The lowest BCUT2D eigenvalue weighted by Crippen LogP contribution is -2.29. The van der Waals surface area contributed by atoms with Crippen LogP contribution in [-0.4, -0.2) is 53.0 Å². The molecule has 1 amide bonds. The second kappa shape index (κ2) is 9.31. The van der Waals surface area contributed by atoms with Crippen LogP contribution in [0.1, 0.15) is 34.3 Å². The van der Waals surface area contributed by atoms with Gasteiger partial charge in [-0.25, -0.2) is 0 Å². The number of anilines is 1. The lowest BCUT2D eigenvalue weighted by molar-refractivity contribution is -0.111. The Bertz CT molecular complexity index is 1070. The van der Waals surface area contributed by atoms with E-state index >= 15 is 0 Å². The molecule has 2 saturated heterocycles. The Kier molecular flexibility index (Phi) is 6.47. The van der Waals surface area contributed by atoms with Crippen molar-refractivity contribution in [3.8, 4) is 0 Å². The van der Waals surface area contributed by atoms with Crippen molar-refractivity contribution < 1.29 is 19.8 Å². The van der Waals surface area contributed by atoms with Gasteiger partial charge in [-0.15, -0.1) is 0 Å². The van der Waals surface area contributed by atoms with E-state index in [4.69, 9.17) is 0 Å². The fraction of sp³-hybridized carbons (Fsp3) is 0.308. The molecule has 33 heavy (non-hydrogen) atoms. The second-order valence-corrected chi connectivity index (χ2v) is 8.74. The van der Waals surface area contributed by atoms with E-state index in [9.17, 15) is 19.8 Å². The predicted molar refractivity (Wildman–Crippen MR) is 127 cm³/mol. The highest BCUT2D eigenvalue weighted by Gasteiger charge is 2.37. The van der Waals surface area contributed by atoms with Gasteiger partial charge in [-0.1, -0.05) is 43.0 Å². The van der Waals surface area contributed by atoms with Gasteiger partial charge in [0.25, 0.3) is 0 Å². The molecule has 0 aliphatic carbocycles. The van der Waals surface area contributed by atoms with Gasteiger partial charge >= 0.3 is 0 Å². The van der Waals surface area contributed by atoms with Gasteiger partial charge in [-0.2, -0.15) is 0 Å². The predicted octanol–water partition coefficient (Wildman–Crippen LogP) is 2.28. The number of β-amino-alcohol motifs (C(OH)–C–C–N with tert-alkyl or cyclic N) is 2. The maximum atomic E-state index is 12.6. The van der Waals surface area contributed by atoms with Crippen LogP contribution in [0.15, 0.2) is 73.5 Å². The van der Waals surface area contributed by atoms with Crippen LogP contribution in [0, 0.1) is 0 Å². The molecule has 2 fully saturated rings. The fourth-order valence-corrected chi connectivity index (χ4v) is 4.40. The summed E-state index contributed by atoms with van der Waals surface area (Å²) in [5, 5.41) is 27.7. The van der Waals surface area contributed by atoms with E-state index in [1.807, 2.05) is 11.0 Å². The maximum absolute atomic E-state index is 12.6. The molecule has 4 rings (SSSR count). The largest absolute Gasteiger partial charge is 0.384 e. The number of hydrogen-bond donors (Lipinski definition) is 4. The van der Waals surface area contributed by atoms with Crippen molar-refractivity contribution in [1.29, 1.82) is 0 Å². The Balaban J connectivity index is 1.39. The summed E-state index contributed by atoms with van der Waals surface area (Å²) >= 11 is 0. The van der Waals surface area contributed by atoms with Gasteiger partial charge in [0, 0.05) is 36.6 Å². The van der Waals surface area contributed by atoms with Crippen LogP contribution in [-0.2, 0) is 16.0 Å². The number of ketones is 1. The molecule has 2 aromatic rings. The van der Waals surface area contributed by atoms with Crippen LogP contribution in [0.5, 0.6) is 0 Å². The van der Waals surface area contributed by atoms with Gasteiger partial charge in [0.1, 0.15) is 11.2 Å². The van der Waals surface area contributed by atoms with Gasteiger partial charge in [0.2, 0.25) is 5.91 Å². The molecule has 0 bridgehead atoms. The van der Waals surface area contributed by atoms with Gasteiger partial charge in [0.05, 0.1) is 6.54 Å². The van der Waals surface area contributed by atoms with Gasteiger partial charge in [-0.3, -0.25) is 9.59 Å². The van der Waals surface area contributed by atoms with Crippen molar-refractivity contribution in [2.45, 2.75) is 24.0 Å². The molecule has 7 heteroatoms. The van der Waals surface area contributed by atoms with Gasteiger partial charge in [0.15, 0.2) is 5.78 Å². The molecule has 7 nitrogen and oxygen atoms in total. The number of carbonyl (C=O) groups is 2. The highest BCUT2D eigenvalue weighted by molar-refractivity contribution is 6.04. The first-order valence-electron chi connectivity index (χ1n) is 11.1. The molecule has 0 aromatic heterocycles. The number of amides is 1. The molecule has 0 spiro atoms. The molecule has 2 aliphatic heterocycles. The number of allylic oxidation sites excluding steroid dienone is 1. The molecule has 0 radical (unpaired) electrons. The van der Waals surface area contributed by atoms with Crippen LogP contribution in [0.4, 0.5) is 5.69 Å². The Labute approximate surface area is 193 Å². The van der Waals surface area contributed by atoms with Crippen molar-refractivity contribution >= 4 is 17.4 Å². The third kappa shape index (κ3) is 5.06. The molecule has 4 N–H and O–H groups in total. The number of benzene rings is 2. The van der Waals surface area contributed by atoms with Crippen LogP contribution in [0.25, 0.3) is 0 Å². The van der Waals surface area contributed by atoms with E-state index in [0.717, 1.165) is 12.1 Å². The smallest absolute Gasteiger partial charge is 0.247 e. The first-order chi connectivity index (χ1) is 15.8. The third-order valence-corrected chi connectivity index (χ3v) is 6.41. The number of likely N-dealkylation sites (tertiary alicyclic amines) is 1. The molecule has 2 heterocycles. The number of nitrogens with zero attached hydrogens (tertiary/aromatic N) is 1. The van der Waals surface area contributed by atoms with E-state index in [1.54, 1.807) is 48.7 Å². The Morgan fingerprint density at radius 3 is 2.55 bits per heavy atom. The highest BCUT2D eigenvalue weighted by atomic mass is 16.3. The van der Waals surface area contributed by atoms with Crippen molar-refractivity contribution in [2.24, 2.45) is 0 Å². The lowest BCUT2D eigenvalue weighted by atomic mass is 9.92. The number of carbonyl (C=O) groups excluding carboxylic acids is 2. The summed E-state index contributed by atoms with van der Waals surface area (Å²) in [6.45, 7) is 5.68. The van der Waals surface area contributed by atoms with Crippen molar-refractivity contribution in [3.05, 3.63) is 90.2 Å². The standard InChI is InChI=1S/C26H29N3O4/c1-2-24(31)28-22-5-3-4-21(16-22)26(33)12-15-29(18-26)14-10-23(30)19-6-8-20(9-7-19)25(32)11-13-27-17-25/h2-10,14,16,27,32-33H,1,11-13,15,17-18H2,(H,28,31)/b14-10+. The topological polar surface area (TPSA) is 102 Å². The Morgan fingerprint density at radius 1 is 1.06 bits per heavy atom. The zero-order chi connectivity index (χ0) is 23.5. The highest BCUT2D eigenvalue weighted by Crippen LogP contribution is 2.33. The van der Waals surface area contributed by atoms with Crippen LogP contribution >= 0.6 is 0 Å². The van der Waals surface area contributed by atoms with Crippen molar-refractivity contribution in [2.75, 3.05) is 31.5 Å². The van der Waals surface area contributed by atoms with Crippen LogP contribution in [0.3, 0.4) is 0 Å². The number of hydrogen-bond acceptors (Lipinski definition) is 6. The Morgan fingerprint density at radius 2 is 1.85 bits per heavy atom. The molecule has 2 aliphatic rings. The summed E-state index contributed by atoms with van der Waals surface area (Å²) in [4.78, 5) is 26.1. The average molecular weight is 448 g/mol. The molecule has 2 unspecified atom stereocenters. The summed E-state index contributed by atoms with van der Waals surface area (Å²) in [5.74, 6) is -0.446. The maximum Gasteiger partial charge on any atom is 0.247 e. The Hall–Kier alpha value is -3.26. The molecular weight excluding hydrogens is 418 g/mol. The summed E-state index contributed by atoms with van der Waals surface area (Å²) in [6.07, 6.45) is 5.58. The molecule has 172 valence electrons. The van der Waals surface area contributed by atoms with Crippen molar-refractivity contribution in [3.63, 3.8) is 0 Å². The third-order valence-electron chi connectivity index (χ3n) is 6.41. The number of rotatable bonds is 7. The zero-order valence-electron chi connectivity index (χ0n) is 18.5. The van der Waals surface area contributed by atoms with E-state index < -0.39 is 11.2 Å². The van der Waals surface area contributed by atoms with E-state index in [1.165, 1.54) is 12.2 Å². The first-order valence-corrected chi connectivity index (χ1v) is 11.1. The molecule has 2 atom stereocenters. The average Bonchev–Trinajstić information content (AvgIpc) is 3.45. The summed E-state index contributed by atoms with van der Waals surface area (Å²) < 4.78 is 0. The first kappa shape index (κ1) is 22.9. The van der Waals surface area contributed by atoms with Crippen LogP contribution in [0.2, 0.25) is 0 Å².